The Kier molecular flexibility index (Phi) is 6.70. The Morgan fingerprint density at radius 2 is 1.91 bits per heavy atom. The van der Waals surface area contributed by atoms with Crippen LogP contribution < -0.4 is 19.8 Å². The average Bonchev–Trinajstić information content (AvgIpc) is 2.74. The standard InChI is InChI=1S/C21H21F2N3O6S/c1-11-13-9-15(22)18(32-21(28)26(3)4)10-17(13)31-20(27)14(11)8-12-6-5-7-16(19(12)23)25-33(29,30)24-2/h5-7,9-10,24-25H,8H2,1-4H3. The van der Waals surface area contributed by atoms with Crippen LogP contribution in [0.2, 0.25) is 0 Å². The predicted molar refractivity (Wildman–Crippen MR) is 118 cm³/mol. The number of ether oxygens (including phenoxy) is 1. The van der Waals surface area contributed by atoms with Gasteiger partial charge < -0.3 is 14.1 Å². The molecule has 3 rings (SSSR count). The van der Waals surface area contributed by atoms with Crippen LogP contribution in [-0.4, -0.2) is 40.6 Å². The van der Waals surface area contributed by atoms with E-state index in [-0.39, 0.29) is 34.2 Å². The zero-order chi connectivity index (χ0) is 24.5. The fraction of sp³-hybridized carbons (Fsp3) is 0.238. The third-order valence-electron chi connectivity index (χ3n) is 4.86. The van der Waals surface area contributed by atoms with Crippen LogP contribution in [0.3, 0.4) is 0 Å². The monoisotopic (exact) mass is 481 g/mol. The maximum Gasteiger partial charge on any atom is 0.414 e. The minimum Gasteiger partial charge on any atom is -0.422 e. The average molecular weight is 481 g/mol. The molecule has 0 saturated carbocycles. The molecule has 0 saturated heterocycles. The number of amides is 1. The lowest BCUT2D eigenvalue weighted by Crippen LogP contribution is -2.27. The number of aryl methyl sites for hydroxylation is 1. The quantitative estimate of drug-likeness (QED) is 0.523. The van der Waals surface area contributed by atoms with Crippen molar-refractivity contribution in [3.63, 3.8) is 0 Å². The van der Waals surface area contributed by atoms with Gasteiger partial charge in [0.1, 0.15) is 5.58 Å². The number of halogens is 2. The molecule has 1 heterocycles. The molecule has 0 aliphatic carbocycles. The van der Waals surface area contributed by atoms with Gasteiger partial charge in [-0.1, -0.05) is 12.1 Å². The number of nitrogens with one attached hydrogen (secondary N) is 2. The highest BCUT2D eigenvalue weighted by Gasteiger charge is 2.20. The zero-order valence-electron chi connectivity index (χ0n) is 18.2. The summed E-state index contributed by atoms with van der Waals surface area (Å²) in [5.74, 6) is -2.13. The van der Waals surface area contributed by atoms with Gasteiger partial charge in [0.05, 0.1) is 5.69 Å². The summed E-state index contributed by atoms with van der Waals surface area (Å²) < 4.78 is 67.1. The van der Waals surface area contributed by atoms with Gasteiger partial charge >= 0.3 is 11.7 Å². The molecule has 3 aromatic rings. The Bertz CT molecular complexity index is 1400. The molecule has 12 heteroatoms. The zero-order valence-corrected chi connectivity index (χ0v) is 19.0. The van der Waals surface area contributed by atoms with Crippen LogP contribution in [0.15, 0.2) is 39.5 Å². The SMILES string of the molecule is CNS(=O)(=O)Nc1cccc(Cc2c(C)c3cc(F)c(OC(=O)N(C)C)cc3oc2=O)c1F. The van der Waals surface area contributed by atoms with Crippen LogP contribution in [-0.2, 0) is 16.6 Å². The van der Waals surface area contributed by atoms with Gasteiger partial charge in [0.15, 0.2) is 17.4 Å². The lowest BCUT2D eigenvalue weighted by molar-refractivity contribution is 0.170. The van der Waals surface area contributed by atoms with E-state index in [0.717, 1.165) is 17.0 Å². The minimum atomic E-state index is -3.95. The molecule has 0 atom stereocenters. The number of nitrogens with zero attached hydrogens (tertiary/aromatic N) is 1. The van der Waals surface area contributed by atoms with Gasteiger partial charge in [-0.15, -0.1) is 0 Å². The number of hydrogen-bond acceptors (Lipinski definition) is 6. The highest BCUT2D eigenvalue weighted by atomic mass is 32.2. The fourth-order valence-corrected chi connectivity index (χ4v) is 3.59. The lowest BCUT2D eigenvalue weighted by Gasteiger charge is -2.14. The molecule has 176 valence electrons. The number of rotatable bonds is 6. The maximum atomic E-state index is 14.9. The van der Waals surface area contributed by atoms with E-state index in [1.54, 1.807) is 6.92 Å². The first-order valence-corrected chi connectivity index (χ1v) is 11.1. The molecule has 0 radical (unpaired) electrons. The van der Waals surface area contributed by atoms with Crippen LogP contribution in [0.1, 0.15) is 16.7 Å². The van der Waals surface area contributed by atoms with Gasteiger partial charge in [-0.05, 0) is 30.2 Å². The molecule has 0 bridgehead atoms. The second-order valence-electron chi connectivity index (χ2n) is 7.30. The summed E-state index contributed by atoms with van der Waals surface area (Å²) in [6, 6.07) is 6.20. The van der Waals surface area contributed by atoms with Crippen molar-refractivity contribution in [2.75, 3.05) is 25.9 Å². The Hall–Kier alpha value is -3.51. The van der Waals surface area contributed by atoms with Gasteiger partial charge in [-0.3, -0.25) is 4.72 Å². The van der Waals surface area contributed by atoms with Crippen LogP contribution in [0, 0.1) is 18.6 Å². The van der Waals surface area contributed by atoms with Gasteiger partial charge in [0.2, 0.25) is 0 Å². The molecule has 0 unspecified atom stereocenters. The van der Waals surface area contributed by atoms with Crippen LogP contribution in [0.5, 0.6) is 5.75 Å². The number of fused-ring (bicyclic) bond motifs is 1. The Labute approximate surface area is 188 Å². The van der Waals surface area contributed by atoms with Crippen molar-refractivity contribution < 1.29 is 31.1 Å². The molecule has 9 nitrogen and oxygen atoms in total. The molecular weight excluding hydrogens is 460 g/mol. The smallest absolute Gasteiger partial charge is 0.414 e. The number of anilines is 1. The Morgan fingerprint density at radius 1 is 1.21 bits per heavy atom. The maximum absolute atomic E-state index is 14.9. The van der Waals surface area contributed by atoms with Crippen LogP contribution >= 0.6 is 0 Å². The van der Waals surface area contributed by atoms with Crippen LogP contribution in [0.25, 0.3) is 11.0 Å². The first-order chi connectivity index (χ1) is 15.4. The first-order valence-electron chi connectivity index (χ1n) is 9.57. The van der Waals surface area contributed by atoms with Crippen molar-refractivity contribution in [1.82, 2.24) is 9.62 Å². The molecule has 0 spiro atoms. The summed E-state index contributed by atoms with van der Waals surface area (Å²) in [6.07, 6.45) is -1.04. The molecule has 33 heavy (non-hydrogen) atoms. The number of carbonyl (C=O) groups is 1. The summed E-state index contributed by atoms with van der Waals surface area (Å²) in [5, 5.41) is 0.235. The molecule has 0 fully saturated rings. The predicted octanol–water partition coefficient (Wildman–Crippen LogP) is 2.91. The molecular formula is C21H21F2N3O6S. The normalized spacial score (nSPS) is 11.5. The third-order valence-corrected chi connectivity index (χ3v) is 5.89. The van der Waals surface area contributed by atoms with Gasteiger partial charge in [0.25, 0.3) is 10.2 Å². The largest absolute Gasteiger partial charge is 0.422 e. The van der Waals surface area contributed by atoms with E-state index in [9.17, 15) is 26.8 Å². The van der Waals surface area contributed by atoms with E-state index >= 15 is 0 Å². The molecule has 2 N–H and O–H groups in total. The van der Waals surface area contributed by atoms with Crippen molar-refractivity contribution in [1.29, 1.82) is 0 Å². The highest BCUT2D eigenvalue weighted by Crippen LogP contribution is 2.29. The Balaban J connectivity index is 2.03. The van der Waals surface area contributed by atoms with Gasteiger partial charge in [0, 0.05) is 44.6 Å². The van der Waals surface area contributed by atoms with E-state index in [1.165, 1.54) is 39.3 Å². The second-order valence-corrected chi connectivity index (χ2v) is 8.92. The summed E-state index contributed by atoms with van der Waals surface area (Å²) in [7, 11) is 0.0653. The van der Waals surface area contributed by atoms with E-state index in [4.69, 9.17) is 9.15 Å². The fourth-order valence-electron chi connectivity index (χ4n) is 3.04. The van der Waals surface area contributed by atoms with Crippen molar-refractivity contribution in [2.45, 2.75) is 13.3 Å². The number of benzene rings is 2. The minimum absolute atomic E-state index is 0.0137. The first kappa shape index (κ1) is 24.1. The number of carbonyl (C=O) groups excluding carboxylic acids is 1. The topological polar surface area (TPSA) is 118 Å². The van der Waals surface area contributed by atoms with Crippen LogP contribution in [0.4, 0.5) is 19.3 Å². The molecule has 2 aromatic carbocycles. The van der Waals surface area contributed by atoms with E-state index < -0.39 is 39.3 Å². The summed E-state index contributed by atoms with van der Waals surface area (Å²) in [6.45, 7) is 1.55. The van der Waals surface area contributed by atoms with E-state index in [0.29, 0.717) is 5.56 Å². The van der Waals surface area contributed by atoms with E-state index in [1.807, 2.05) is 9.44 Å². The molecule has 1 aromatic heterocycles. The summed E-state index contributed by atoms with van der Waals surface area (Å²) >= 11 is 0. The highest BCUT2D eigenvalue weighted by molar-refractivity contribution is 7.90. The van der Waals surface area contributed by atoms with Crippen molar-refractivity contribution >= 4 is 33.0 Å². The number of hydrogen-bond donors (Lipinski definition) is 2. The molecule has 1 amide bonds. The van der Waals surface area contributed by atoms with E-state index in [2.05, 4.69) is 0 Å². The van der Waals surface area contributed by atoms with Crippen molar-refractivity contribution in [3.05, 3.63) is 69.1 Å². The molecule has 0 aliphatic heterocycles. The van der Waals surface area contributed by atoms with Gasteiger partial charge in [-0.2, -0.15) is 8.42 Å². The Morgan fingerprint density at radius 3 is 2.55 bits per heavy atom. The molecule has 0 aliphatic rings. The second kappa shape index (κ2) is 9.16. The summed E-state index contributed by atoms with van der Waals surface area (Å²) in [4.78, 5) is 25.5. The summed E-state index contributed by atoms with van der Waals surface area (Å²) in [5.41, 5.74) is -0.683. The lowest BCUT2D eigenvalue weighted by atomic mass is 9.99. The van der Waals surface area contributed by atoms with Crippen molar-refractivity contribution in [2.24, 2.45) is 0 Å². The third kappa shape index (κ3) is 5.12. The van der Waals surface area contributed by atoms with Crippen molar-refractivity contribution in [3.8, 4) is 5.75 Å². The van der Waals surface area contributed by atoms with Gasteiger partial charge in [-0.25, -0.2) is 23.1 Å².